The number of hydrogen-bond donors (Lipinski definition) is 2. The van der Waals surface area contributed by atoms with Crippen LogP contribution in [-0.2, 0) is 9.59 Å². The Bertz CT molecular complexity index is 1030. The molecule has 1 aliphatic heterocycles. The van der Waals surface area contributed by atoms with Gasteiger partial charge in [-0.3, -0.25) is 30.1 Å². The lowest BCUT2D eigenvalue weighted by Gasteiger charge is -2.14. The second-order valence-corrected chi connectivity index (χ2v) is 8.74. The molecule has 2 N–H and O–H groups in total. The van der Waals surface area contributed by atoms with Gasteiger partial charge in [-0.1, -0.05) is 60.7 Å². The Balaban J connectivity index is 1.34. The van der Waals surface area contributed by atoms with Crippen molar-refractivity contribution in [1.82, 2.24) is 15.8 Å². The number of thiocarbonyl (C=S) groups is 1. The molecule has 0 bridgehead atoms. The number of halogens is 1. The number of thioether (sulfide) groups is 1. The molecule has 32 heavy (non-hydrogen) atoms. The number of amides is 3. The molecule has 1 fully saturated rings. The van der Waals surface area contributed by atoms with Gasteiger partial charge in [-0.05, 0) is 48.7 Å². The van der Waals surface area contributed by atoms with Gasteiger partial charge in [0.15, 0.2) is 0 Å². The summed E-state index contributed by atoms with van der Waals surface area (Å²) in [6.45, 7) is 0.500. The number of rotatable bonds is 8. The number of nitrogens with one attached hydrogen (secondary N) is 2. The molecule has 0 atom stereocenters. The Morgan fingerprint density at radius 3 is 2.44 bits per heavy atom. The maximum Gasteiger partial charge on any atom is 0.269 e. The molecule has 3 rings (SSSR count). The van der Waals surface area contributed by atoms with Crippen LogP contribution in [0.15, 0.2) is 59.5 Å². The summed E-state index contributed by atoms with van der Waals surface area (Å²) in [6, 6.07) is 14.6. The fraction of sp³-hybridized carbons (Fsp3) is 0.217. The summed E-state index contributed by atoms with van der Waals surface area (Å²) in [4.78, 5) is 38.6. The summed E-state index contributed by atoms with van der Waals surface area (Å²) in [5.41, 5.74) is 5.84. The molecule has 0 radical (unpaired) electrons. The maximum absolute atomic E-state index is 12.9. The van der Waals surface area contributed by atoms with Gasteiger partial charge in [-0.25, -0.2) is 4.39 Å². The summed E-state index contributed by atoms with van der Waals surface area (Å²) in [7, 11) is 0. The van der Waals surface area contributed by atoms with Crippen molar-refractivity contribution in [3.63, 3.8) is 0 Å². The molecule has 1 aliphatic rings. The molecule has 0 saturated carbocycles. The van der Waals surface area contributed by atoms with Gasteiger partial charge in [0.25, 0.3) is 11.8 Å². The lowest BCUT2D eigenvalue weighted by atomic mass is 10.2. The van der Waals surface area contributed by atoms with Crippen LogP contribution in [0.4, 0.5) is 4.39 Å². The summed E-state index contributed by atoms with van der Waals surface area (Å²) in [5.74, 6) is -1.37. The maximum atomic E-state index is 12.9. The number of hydrogen-bond acceptors (Lipinski definition) is 5. The molecule has 3 amide bonds. The van der Waals surface area contributed by atoms with E-state index in [1.54, 1.807) is 4.90 Å². The third-order valence-corrected chi connectivity index (χ3v) is 6.06. The van der Waals surface area contributed by atoms with Crippen molar-refractivity contribution >= 4 is 52.1 Å². The molecule has 0 aromatic heterocycles. The Kier molecular flexibility index (Phi) is 8.52. The average Bonchev–Trinajstić information content (AvgIpc) is 3.05. The number of nitrogens with zero attached hydrogens (tertiary/aromatic N) is 1. The van der Waals surface area contributed by atoms with Crippen molar-refractivity contribution in [3.8, 4) is 0 Å². The largest absolute Gasteiger partial charge is 0.293 e. The Morgan fingerprint density at radius 1 is 1.00 bits per heavy atom. The van der Waals surface area contributed by atoms with Crippen molar-refractivity contribution in [2.75, 3.05) is 6.54 Å². The minimum Gasteiger partial charge on any atom is -0.293 e. The van der Waals surface area contributed by atoms with Gasteiger partial charge in [0.1, 0.15) is 10.1 Å². The van der Waals surface area contributed by atoms with Crippen LogP contribution in [0.5, 0.6) is 0 Å². The fourth-order valence-electron chi connectivity index (χ4n) is 2.99. The topological polar surface area (TPSA) is 78.5 Å². The first-order valence-corrected chi connectivity index (χ1v) is 11.3. The lowest BCUT2D eigenvalue weighted by Crippen LogP contribution is -2.41. The van der Waals surface area contributed by atoms with Crippen LogP contribution in [0, 0.1) is 5.82 Å². The lowest BCUT2D eigenvalue weighted by molar-refractivity contribution is -0.123. The molecule has 0 unspecified atom stereocenters. The quantitative estimate of drug-likeness (QED) is 0.263. The van der Waals surface area contributed by atoms with Crippen LogP contribution in [0.2, 0.25) is 0 Å². The van der Waals surface area contributed by atoms with Gasteiger partial charge in [-0.2, -0.15) is 0 Å². The van der Waals surface area contributed by atoms with E-state index in [-0.39, 0.29) is 23.8 Å². The predicted octanol–water partition coefficient (Wildman–Crippen LogP) is 4.05. The summed E-state index contributed by atoms with van der Waals surface area (Å²) < 4.78 is 13.4. The van der Waals surface area contributed by atoms with Crippen LogP contribution in [0.3, 0.4) is 0 Å². The van der Waals surface area contributed by atoms with Crippen LogP contribution in [0.1, 0.15) is 41.6 Å². The summed E-state index contributed by atoms with van der Waals surface area (Å²) in [5, 5.41) is 0. The van der Waals surface area contributed by atoms with E-state index in [0.717, 1.165) is 12.0 Å². The van der Waals surface area contributed by atoms with Crippen LogP contribution in [0.25, 0.3) is 6.08 Å². The van der Waals surface area contributed by atoms with Gasteiger partial charge in [0.05, 0.1) is 4.91 Å². The first-order valence-electron chi connectivity index (χ1n) is 10.1. The van der Waals surface area contributed by atoms with E-state index < -0.39 is 11.7 Å². The van der Waals surface area contributed by atoms with Gasteiger partial charge in [-0.15, -0.1) is 0 Å². The van der Waals surface area contributed by atoms with Crippen LogP contribution < -0.4 is 10.9 Å². The Hall–Kier alpha value is -3.04. The van der Waals surface area contributed by atoms with Crippen LogP contribution >= 0.6 is 24.0 Å². The first kappa shape index (κ1) is 23.6. The minimum atomic E-state index is -0.517. The van der Waals surface area contributed by atoms with E-state index in [4.69, 9.17) is 12.2 Å². The normalized spacial score (nSPS) is 14.7. The van der Waals surface area contributed by atoms with Crippen molar-refractivity contribution in [3.05, 3.63) is 76.4 Å². The van der Waals surface area contributed by atoms with E-state index in [1.807, 2.05) is 36.4 Å². The molecular formula is C23H22FN3O3S2. The van der Waals surface area contributed by atoms with Crippen molar-refractivity contribution in [1.29, 1.82) is 0 Å². The zero-order valence-electron chi connectivity index (χ0n) is 17.2. The molecule has 6 nitrogen and oxygen atoms in total. The van der Waals surface area contributed by atoms with E-state index in [9.17, 15) is 18.8 Å². The zero-order chi connectivity index (χ0) is 22.9. The highest BCUT2D eigenvalue weighted by atomic mass is 32.2. The van der Waals surface area contributed by atoms with Gasteiger partial charge in [0.2, 0.25) is 5.91 Å². The molecule has 1 saturated heterocycles. The minimum absolute atomic E-state index is 0.0925. The van der Waals surface area contributed by atoms with Crippen molar-refractivity contribution < 1.29 is 18.8 Å². The van der Waals surface area contributed by atoms with E-state index >= 15 is 0 Å². The predicted molar refractivity (Wildman–Crippen MR) is 127 cm³/mol. The van der Waals surface area contributed by atoms with Gasteiger partial charge < -0.3 is 0 Å². The SMILES string of the molecule is O=C(CCCCCN1C(=O)C(=Cc2ccccc2)SC1=S)NNC(=O)c1ccc(F)cc1. The highest BCUT2D eigenvalue weighted by Crippen LogP contribution is 2.32. The highest BCUT2D eigenvalue weighted by molar-refractivity contribution is 8.26. The van der Waals surface area contributed by atoms with E-state index in [0.29, 0.717) is 28.6 Å². The molecule has 2 aromatic rings. The number of carbonyl (C=O) groups excluding carboxylic acids is 3. The number of unbranched alkanes of at least 4 members (excludes halogenated alkanes) is 2. The molecule has 166 valence electrons. The second-order valence-electron chi connectivity index (χ2n) is 7.06. The fourth-order valence-corrected chi connectivity index (χ4v) is 4.30. The monoisotopic (exact) mass is 471 g/mol. The van der Waals surface area contributed by atoms with Gasteiger partial charge >= 0.3 is 0 Å². The number of hydrazine groups is 1. The van der Waals surface area contributed by atoms with Gasteiger partial charge in [0, 0.05) is 18.5 Å². The third-order valence-electron chi connectivity index (χ3n) is 4.68. The van der Waals surface area contributed by atoms with E-state index in [1.165, 1.54) is 36.0 Å². The van der Waals surface area contributed by atoms with Crippen molar-refractivity contribution in [2.24, 2.45) is 0 Å². The number of benzene rings is 2. The molecule has 1 heterocycles. The summed E-state index contributed by atoms with van der Waals surface area (Å²) >= 11 is 6.64. The molecule has 0 spiro atoms. The molecule has 0 aliphatic carbocycles. The second kappa shape index (κ2) is 11.5. The standard InChI is InChI=1S/C23H22FN3O3S2/c24-18-12-10-17(11-13-18)21(29)26-25-20(28)9-5-2-6-14-27-22(30)19(32-23(27)31)15-16-7-3-1-4-8-16/h1,3-4,7-8,10-13,15H,2,5-6,9,14H2,(H,25,28)(H,26,29). The van der Waals surface area contributed by atoms with Crippen LogP contribution in [-0.4, -0.2) is 33.5 Å². The zero-order valence-corrected chi connectivity index (χ0v) is 18.8. The number of carbonyl (C=O) groups is 3. The molecular weight excluding hydrogens is 449 g/mol. The molecule has 2 aromatic carbocycles. The Labute approximate surface area is 195 Å². The Morgan fingerprint density at radius 2 is 1.72 bits per heavy atom. The third kappa shape index (κ3) is 6.73. The average molecular weight is 472 g/mol. The van der Waals surface area contributed by atoms with Crippen molar-refractivity contribution in [2.45, 2.75) is 25.7 Å². The highest BCUT2D eigenvalue weighted by Gasteiger charge is 2.31. The smallest absolute Gasteiger partial charge is 0.269 e. The first-order chi connectivity index (χ1) is 15.4. The van der Waals surface area contributed by atoms with E-state index in [2.05, 4.69) is 10.9 Å². The summed E-state index contributed by atoms with van der Waals surface area (Å²) in [6.07, 6.45) is 4.11. The molecule has 9 heteroatoms.